The van der Waals surface area contributed by atoms with E-state index in [2.05, 4.69) is 15.9 Å². The van der Waals surface area contributed by atoms with Gasteiger partial charge in [0.05, 0.1) is 13.7 Å². The highest BCUT2D eigenvalue weighted by Gasteiger charge is 2.31. The van der Waals surface area contributed by atoms with Gasteiger partial charge in [-0.15, -0.1) is 0 Å². The molecule has 1 aromatic rings. The van der Waals surface area contributed by atoms with Crippen molar-refractivity contribution >= 4 is 28.0 Å². The summed E-state index contributed by atoms with van der Waals surface area (Å²) >= 11 is 3.34. The van der Waals surface area contributed by atoms with Gasteiger partial charge in [-0.25, -0.2) is 9.59 Å². The average molecular weight is 372 g/mol. The van der Waals surface area contributed by atoms with Gasteiger partial charge in [-0.1, -0.05) is 46.3 Å². The topological polar surface area (TPSA) is 55.8 Å². The molecule has 1 atom stereocenters. The Hall–Kier alpha value is -1.56. The van der Waals surface area contributed by atoms with E-state index >= 15 is 0 Å². The highest BCUT2D eigenvalue weighted by atomic mass is 79.9. The number of esters is 1. The normalized spacial score (nSPS) is 11.6. The van der Waals surface area contributed by atoms with Gasteiger partial charge < -0.3 is 9.47 Å². The van der Waals surface area contributed by atoms with Crippen molar-refractivity contribution in [3.8, 4) is 0 Å². The second kappa shape index (κ2) is 10.2. The minimum atomic E-state index is -0.686. The molecule has 0 saturated carbocycles. The lowest BCUT2D eigenvalue weighted by Gasteiger charge is -2.29. The van der Waals surface area contributed by atoms with Gasteiger partial charge in [0.1, 0.15) is 6.04 Å². The molecule has 1 aromatic carbocycles. The Bertz CT molecular complexity index is 466. The molecule has 0 bridgehead atoms. The lowest BCUT2D eigenvalue weighted by Crippen LogP contribution is -2.47. The molecule has 1 rings (SSSR count). The summed E-state index contributed by atoms with van der Waals surface area (Å²) in [5, 5.41) is 0.737. The van der Waals surface area contributed by atoms with E-state index in [4.69, 9.17) is 9.47 Å². The molecule has 0 aliphatic heterocycles. The number of ether oxygens (including phenoxy) is 2. The lowest BCUT2D eigenvalue weighted by atomic mass is 10.0. The summed E-state index contributed by atoms with van der Waals surface area (Å²) in [6.07, 6.45) is 0.603. The van der Waals surface area contributed by atoms with Gasteiger partial charge in [0.15, 0.2) is 0 Å². The number of nitrogens with zero attached hydrogens (tertiary/aromatic N) is 1. The summed E-state index contributed by atoms with van der Waals surface area (Å²) in [6.45, 7) is 2.45. The quantitative estimate of drug-likeness (QED) is 0.520. The smallest absolute Gasteiger partial charge is 0.410 e. The maximum Gasteiger partial charge on any atom is 0.410 e. The van der Waals surface area contributed by atoms with Crippen LogP contribution in [0.2, 0.25) is 0 Å². The Kier molecular flexibility index (Phi) is 8.58. The number of benzene rings is 1. The Morgan fingerprint density at radius 2 is 1.95 bits per heavy atom. The third kappa shape index (κ3) is 5.67. The Balaban J connectivity index is 2.98. The summed E-state index contributed by atoms with van der Waals surface area (Å²) in [5.41, 5.74) is 0.966. The standard InChI is InChI=1S/C16H22BrNO4/c1-3-22-15(19)14(12-13-8-5-4-6-9-13)18(11-7-10-17)16(20)21-2/h4-6,8-9,14H,3,7,10-12H2,1-2H3/t14-/m0/s1. The number of alkyl halides is 1. The van der Waals surface area contributed by atoms with Crippen LogP contribution in [0.4, 0.5) is 4.79 Å². The second-order valence-electron chi connectivity index (χ2n) is 4.66. The molecule has 22 heavy (non-hydrogen) atoms. The van der Waals surface area contributed by atoms with Crippen molar-refractivity contribution in [2.75, 3.05) is 25.6 Å². The SMILES string of the molecule is CCOC(=O)[C@H](Cc1ccccc1)N(CCCBr)C(=O)OC. The summed E-state index contributed by atoms with van der Waals surface area (Å²) in [6, 6.07) is 8.87. The van der Waals surface area contributed by atoms with Gasteiger partial charge in [-0.05, 0) is 18.9 Å². The van der Waals surface area contributed by atoms with Crippen LogP contribution >= 0.6 is 15.9 Å². The van der Waals surface area contributed by atoms with Crippen LogP contribution in [0.5, 0.6) is 0 Å². The highest BCUT2D eigenvalue weighted by Crippen LogP contribution is 2.13. The highest BCUT2D eigenvalue weighted by molar-refractivity contribution is 9.09. The van der Waals surface area contributed by atoms with Crippen molar-refractivity contribution in [1.29, 1.82) is 0 Å². The predicted molar refractivity (Wildman–Crippen MR) is 88.1 cm³/mol. The molecule has 122 valence electrons. The first-order valence-electron chi connectivity index (χ1n) is 7.25. The van der Waals surface area contributed by atoms with Gasteiger partial charge in [0.25, 0.3) is 0 Å². The van der Waals surface area contributed by atoms with Crippen molar-refractivity contribution in [2.45, 2.75) is 25.8 Å². The largest absolute Gasteiger partial charge is 0.464 e. The third-order valence-corrected chi connectivity index (χ3v) is 3.71. The number of halogens is 1. The summed E-state index contributed by atoms with van der Waals surface area (Å²) in [5.74, 6) is -0.411. The van der Waals surface area contributed by atoms with E-state index in [1.54, 1.807) is 6.92 Å². The molecule has 0 fully saturated rings. The van der Waals surface area contributed by atoms with Crippen molar-refractivity contribution in [3.05, 3.63) is 35.9 Å². The fraction of sp³-hybridized carbons (Fsp3) is 0.500. The molecule has 0 aliphatic carbocycles. The molecule has 0 saturated heterocycles. The first kappa shape index (κ1) is 18.5. The number of carbonyl (C=O) groups excluding carboxylic acids is 2. The van der Waals surface area contributed by atoms with Gasteiger partial charge in [-0.2, -0.15) is 0 Å². The number of methoxy groups -OCH3 is 1. The van der Waals surface area contributed by atoms with Gasteiger partial charge in [-0.3, -0.25) is 4.90 Å². The van der Waals surface area contributed by atoms with E-state index in [0.29, 0.717) is 13.0 Å². The van der Waals surface area contributed by atoms with E-state index in [1.165, 1.54) is 12.0 Å². The maximum absolute atomic E-state index is 12.3. The van der Waals surface area contributed by atoms with E-state index < -0.39 is 18.1 Å². The van der Waals surface area contributed by atoms with Crippen molar-refractivity contribution in [2.24, 2.45) is 0 Å². The van der Waals surface area contributed by atoms with Gasteiger partial charge in [0, 0.05) is 18.3 Å². The monoisotopic (exact) mass is 371 g/mol. The third-order valence-electron chi connectivity index (χ3n) is 3.15. The second-order valence-corrected chi connectivity index (χ2v) is 5.46. The van der Waals surface area contributed by atoms with Crippen molar-refractivity contribution in [3.63, 3.8) is 0 Å². The molecule has 0 aliphatic rings. The molecule has 0 spiro atoms. The number of rotatable bonds is 8. The van der Waals surface area contributed by atoms with Crippen LogP contribution in [0.1, 0.15) is 18.9 Å². The van der Waals surface area contributed by atoms with Gasteiger partial charge >= 0.3 is 12.1 Å². The summed E-state index contributed by atoms with van der Waals surface area (Å²) in [4.78, 5) is 25.8. The molecule has 0 radical (unpaired) electrons. The van der Waals surface area contributed by atoms with Crippen LogP contribution in [-0.2, 0) is 20.7 Å². The first-order chi connectivity index (χ1) is 10.6. The van der Waals surface area contributed by atoms with E-state index in [9.17, 15) is 9.59 Å². The molecule has 0 unspecified atom stereocenters. The van der Waals surface area contributed by atoms with E-state index in [-0.39, 0.29) is 6.61 Å². The summed E-state index contributed by atoms with van der Waals surface area (Å²) in [7, 11) is 1.31. The fourth-order valence-corrected chi connectivity index (χ4v) is 2.37. The molecule has 1 amide bonds. The maximum atomic E-state index is 12.3. The number of hydrogen-bond acceptors (Lipinski definition) is 4. The van der Waals surface area contributed by atoms with Gasteiger partial charge in [0.2, 0.25) is 0 Å². The molecular formula is C16H22BrNO4. The zero-order valence-electron chi connectivity index (χ0n) is 13.0. The zero-order chi connectivity index (χ0) is 16.4. The minimum absolute atomic E-state index is 0.275. The Labute approximate surface area is 139 Å². The predicted octanol–water partition coefficient (Wildman–Crippen LogP) is 3.01. The Morgan fingerprint density at radius 1 is 1.27 bits per heavy atom. The minimum Gasteiger partial charge on any atom is -0.464 e. The van der Waals surface area contributed by atoms with Crippen molar-refractivity contribution < 1.29 is 19.1 Å². The van der Waals surface area contributed by atoms with Crippen molar-refractivity contribution in [1.82, 2.24) is 4.90 Å². The van der Waals surface area contributed by atoms with Crippen LogP contribution in [0.3, 0.4) is 0 Å². The molecule has 0 N–H and O–H groups in total. The van der Waals surface area contributed by atoms with Crippen LogP contribution in [0.15, 0.2) is 30.3 Å². The summed E-state index contributed by atoms with van der Waals surface area (Å²) < 4.78 is 9.95. The molecule has 0 heterocycles. The lowest BCUT2D eigenvalue weighted by molar-refractivity contribution is -0.148. The molecular weight excluding hydrogens is 350 g/mol. The van der Waals surface area contributed by atoms with Crippen LogP contribution < -0.4 is 0 Å². The molecule has 5 nitrogen and oxygen atoms in total. The number of amides is 1. The zero-order valence-corrected chi connectivity index (χ0v) is 14.5. The van der Waals surface area contributed by atoms with E-state index in [1.807, 2.05) is 30.3 Å². The fourth-order valence-electron chi connectivity index (χ4n) is 2.12. The average Bonchev–Trinajstić information content (AvgIpc) is 2.54. The number of carbonyl (C=O) groups is 2. The molecule has 6 heteroatoms. The number of hydrogen-bond donors (Lipinski definition) is 0. The first-order valence-corrected chi connectivity index (χ1v) is 8.37. The Morgan fingerprint density at radius 3 is 2.50 bits per heavy atom. The van der Waals surface area contributed by atoms with Crippen LogP contribution in [0.25, 0.3) is 0 Å². The molecule has 0 aromatic heterocycles. The van der Waals surface area contributed by atoms with Crippen LogP contribution in [0, 0.1) is 0 Å². The van der Waals surface area contributed by atoms with Crippen LogP contribution in [-0.4, -0.2) is 48.6 Å². The van der Waals surface area contributed by atoms with E-state index in [0.717, 1.165) is 17.3 Å².